The summed E-state index contributed by atoms with van der Waals surface area (Å²) in [6.07, 6.45) is 0.411. The molecule has 0 radical (unpaired) electrons. The summed E-state index contributed by atoms with van der Waals surface area (Å²) in [5.41, 5.74) is 0.354. The van der Waals surface area contributed by atoms with Crippen molar-refractivity contribution in [3.63, 3.8) is 0 Å². The number of aliphatic hydroxyl groups is 1. The zero-order valence-corrected chi connectivity index (χ0v) is 8.63. The number of halogens is 2. The number of rotatable bonds is 5. The van der Waals surface area contributed by atoms with Crippen LogP contribution in [0.5, 0.6) is 0 Å². The summed E-state index contributed by atoms with van der Waals surface area (Å²) in [5.74, 6) is -0.823. The first-order valence-corrected chi connectivity index (χ1v) is 4.91. The zero-order chi connectivity index (χ0) is 11.3. The summed E-state index contributed by atoms with van der Waals surface area (Å²) >= 11 is 0. The molecule has 0 spiro atoms. The van der Waals surface area contributed by atoms with Crippen molar-refractivity contribution in [2.45, 2.75) is 19.4 Å². The first kappa shape index (κ1) is 12.1. The minimum absolute atomic E-state index is 0.0263. The first-order chi connectivity index (χ1) is 7.13. The number of aliphatic hydroxyl groups excluding tert-OH is 1. The van der Waals surface area contributed by atoms with Crippen LogP contribution in [0.25, 0.3) is 0 Å². The van der Waals surface area contributed by atoms with Crippen molar-refractivity contribution in [2.75, 3.05) is 13.2 Å². The van der Waals surface area contributed by atoms with Crippen molar-refractivity contribution in [1.82, 2.24) is 5.32 Å². The molecule has 0 aliphatic carbocycles. The Bertz CT molecular complexity index is 317. The van der Waals surface area contributed by atoms with E-state index in [1.54, 1.807) is 0 Å². The fourth-order valence-electron chi connectivity index (χ4n) is 1.25. The Hall–Kier alpha value is -1.00. The Morgan fingerprint density at radius 2 is 2.13 bits per heavy atom. The number of nitrogens with one attached hydrogen (secondary N) is 1. The van der Waals surface area contributed by atoms with Gasteiger partial charge in [0.1, 0.15) is 11.6 Å². The van der Waals surface area contributed by atoms with Crippen LogP contribution >= 0.6 is 0 Å². The highest BCUT2D eigenvalue weighted by Crippen LogP contribution is 2.09. The minimum atomic E-state index is -0.429. The molecule has 0 fully saturated rings. The van der Waals surface area contributed by atoms with Crippen LogP contribution in [-0.2, 0) is 6.42 Å². The third kappa shape index (κ3) is 3.93. The molecule has 0 amide bonds. The van der Waals surface area contributed by atoms with Crippen LogP contribution in [0.1, 0.15) is 12.5 Å². The Morgan fingerprint density at radius 3 is 2.80 bits per heavy atom. The highest BCUT2D eigenvalue weighted by molar-refractivity contribution is 5.18. The monoisotopic (exact) mass is 215 g/mol. The van der Waals surface area contributed by atoms with Crippen LogP contribution in [-0.4, -0.2) is 24.3 Å². The largest absolute Gasteiger partial charge is 0.395 e. The van der Waals surface area contributed by atoms with E-state index >= 15 is 0 Å². The summed E-state index contributed by atoms with van der Waals surface area (Å²) in [7, 11) is 0. The van der Waals surface area contributed by atoms with Crippen molar-refractivity contribution in [3.8, 4) is 0 Å². The molecule has 0 saturated heterocycles. The highest BCUT2D eigenvalue weighted by atomic mass is 19.1. The van der Waals surface area contributed by atoms with E-state index in [2.05, 4.69) is 5.32 Å². The van der Waals surface area contributed by atoms with Crippen LogP contribution in [0.3, 0.4) is 0 Å². The van der Waals surface area contributed by atoms with Crippen LogP contribution < -0.4 is 5.32 Å². The van der Waals surface area contributed by atoms with Gasteiger partial charge in [0.2, 0.25) is 0 Å². The second-order valence-corrected chi connectivity index (χ2v) is 3.52. The summed E-state index contributed by atoms with van der Waals surface area (Å²) in [4.78, 5) is 0. The molecule has 0 aliphatic heterocycles. The Morgan fingerprint density at radius 1 is 1.40 bits per heavy atom. The van der Waals surface area contributed by atoms with E-state index in [9.17, 15) is 8.78 Å². The van der Waals surface area contributed by atoms with Gasteiger partial charge < -0.3 is 10.4 Å². The van der Waals surface area contributed by atoms with Crippen LogP contribution in [0.2, 0.25) is 0 Å². The Kier molecular flexibility index (Phi) is 4.65. The molecule has 0 aromatic heterocycles. The van der Waals surface area contributed by atoms with E-state index in [4.69, 9.17) is 5.11 Å². The van der Waals surface area contributed by atoms with Gasteiger partial charge in [-0.05, 0) is 43.7 Å². The number of hydrogen-bond donors (Lipinski definition) is 2. The molecule has 84 valence electrons. The lowest BCUT2D eigenvalue weighted by Crippen LogP contribution is -2.31. The van der Waals surface area contributed by atoms with Crippen LogP contribution in [0.15, 0.2) is 18.2 Å². The van der Waals surface area contributed by atoms with Gasteiger partial charge in [0.25, 0.3) is 0 Å². The molecule has 2 N–H and O–H groups in total. The quantitative estimate of drug-likeness (QED) is 0.779. The maximum atomic E-state index is 13.1. The fourth-order valence-corrected chi connectivity index (χ4v) is 1.25. The van der Waals surface area contributed by atoms with Gasteiger partial charge in [-0.2, -0.15) is 0 Å². The van der Waals surface area contributed by atoms with Crippen molar-refractivity contribution in [1.29, 1.82) is 0 Å². The molecule has 15 heavy (non-hydrogen) atoms. The van der Waals surface area contributed by atoms with Gasteiger partial charge in [-0.1, -0.05) is 0 Å². The predicted octanol–water partition coefficient (Wildman–Crippen LogP) is 1.48. The van der Waals surface area contributed by atoms with Crippen molar-refractivity contribution >= 4 is 0 Å². The number of hydrogen-bond acceptors (Lipinski definition) is 2. The third-order valence-corrected chi connectivity index (χ3v) is 2.17. The minimum Gasteiger partial charge on any atom is -0.395 e. The van der Waals surface area contributed by atoms with Crippen LogP contribution in [0.4, 0.5) is 8.78 Å². The van der Waals surface area contributed by atoms with Crippen molar-refractivity contribution in [3.05, 3.63) is 35.4 Å². The van der Waals surface area contributed by atoms with Gasteiger partial charge >= 0.3 is 0 Å². The van der Waals surface area contributed by atoms with Gasteiger partial charge in [0.05, 0.1) is 6.61 Å². The summed E-state index contributed by atoms with van der Waals surface area (Å²) in [5, 5.41) is 11.7. The molecule has 1 rings (SSSR count). The second kappa shape index (κ2) is 5.78. The van der Waals surface area contributed by atoms with Gasteiger partial charge in [-0.15, -0.1) is 0 Å². The second-order valence-electron chi connectivity index (χ2n) is 3.52. The summed E-state index contributed by atoms with van der Waals surface area (Å²) < 4.78 is 25.9. The average molecular weight is 215 g/mol. The highest BCUT2D eigenvalue weighted by Gasteiger charge is 2.04. The van der Waals surface area contributed by atoms with E-state index < -0.39 is 11.6 Å². The molecule has 1 aromatic rings. The summed E-state index contributed by atoms with van der Waals surface area (Å²) in [6, 6.07) is 3.39. The zero-order valence-electron chi connectivity index (χ0n) is 8.63. The van der Waals surface area contributed by atoms with Crippen molar-refractivity contribution < 1.29 is 13.9 Å². The van der Waals surface area contributed by atoms with E-state index in [0.29, 0.717) is 18.5 Å². The lowest BCUT2D eigenvalue weighted by Gasteiger charge is -2.10. The topological polar surface area (TPSA) is 32.3 Å². The maximum Gasteiger partial charge on any atom is 0.126 e. The van der Waals surface area contributed by atoms with Gasteiger partial charge in [-0.25, -0.2) is 8.78 Å². The lowest BCUT2D eigenvalue weighted by molar-refractivity contribution is 0.252. The number of benzene rings is 1. The SMILES string of the molecule is CC(CO)NCCc1cc(F)ccc1F. The molecular weight excluding hydrogens is 200 g/mol. The van der Waals surface area contributed by atoms with Gasteiger partial charge in [0, 0.05) is 6.04 Å². The third-order valence-electron chi connectivity index (χ3n) is 2.17. The molecule has 4 heteroatoms. The smallest absolute Gasteiger partial charge is 0.126 e. The Balaban J connectivity index is 2.46. The molecule has 1 aromatic carbocycles. The van der Waals surface area contributed by atoms with Crippen molar-refractivity contribution in [2.24, 2.45) is 0 Å². The molecule has 1 atom stereocenters. The summed E-state index contributed by atoms with van der Waals surface area (Å²) in [6.45, 7) is 2.37. The average Bonchev–Trinajstić information content (AvgIpc) is 2.23. The van der Waals surface area contributed by atoms with E-state index in [-0.39, 0.29) is 12.6 Å². The lowest BCUT2D eigenvalue weighted by atomic mass is 10.1. The standard InChI is InChI=1S/C11H15F2NO/c1-8(7-15)14-5-4-9-6-10(12)2-3-11(9)13/h2-3,6,8,14-15H,4-5,7H2,1H3. The predicted molar refractivity (Wildman–Crippen MR) is 54.6 cm³/mol. The van der Waals surface area contributed by atoms with E-state index in [0.717, 1.165) is 12.1 Å². The molecule has 0 heterocycles. The molecule has 1 unspecified atom stereocenters. The fraction of sp³-hybridized carbons (Fsp3) is 0.455. The van der Waals surface area contributed by atoms with E-state index in [1.807, 2.05) is 6.92 Å². The van der Waals surface area contributed by atoms with E-state index in [1.165, 1.54) is 6.07 Å². The molecule has 2 nitrogen and oxygen atoms in total. The van der Waals surface area contributed by atoms with Gasteiger partial charge in [0.15, 0.2) is 0 Å². The Labute approximate surface area is 87.9 Å². The van der Waals surface area contributed by atoms with Crippen LogP contribution in [0, 0.1) is 11.6 Å². The molecule has 0 saturated carbocycles. The molecule has 0 aliphatic rings. The molecular formula is C11H15F2NO. The maximum absolute atomic E-state index is 13.1. The first-order valence-electron chi connectivity index (χ1n) is 4.91. The normalized spacial score (nSPS) is 12.8. The van der Waals surface area contributed by atoms with Gasteiger partial charge in [-0.3, -0.25) is 0 Å². The molecule has 0 bridgehead atoms.